The quantitative estimate of drug-likeness (QED) is 0.815. The van der Waals surface area contributed by atoms with Crippen LogP contribution in [-0.2, 0) is 0 Å². The average Bonchev–Trinajstić information content (AvgIpc) is 2.80. The minimum Gasteiger partial charge on any atom is -0.318 e. The van der Waals surface area contributed by atoms with E-state index in [0.29, 0.717) is 0 Å². The Labute approximate surface area is 115 Å². The normalized spacial score (nSPS) is 18.3. The van der Waals surface area contributed by atoms with Gasteiger partial charge in [0.2, 0.25) is 0 Å². The molecule has 0 saturated heterocycles. The monoisotopic (exact) mass is 264 g/mol. The van der Waals surface area contributed by atoms with Crippen LogP contribution in [0.2, 0.25) is 0 Å². The Kier molecular flexibility index (Phi) is 5.54. The lowest BCUT2D eigenvalue weighted by Gasteiger charge is -2.25. The fraction of sp³-hybridized carbons (Fsp3) is 0.600. The summed E-state index contributed by atoms with van der Waals surface area (Å²) in [6.07, 6.45) is 1.24. The highest BCUT2D eigenvalue weighted by Crippen LogP contribution is 2.39. The van der Waals surface area contributed by atoms with Crippen LogP contribution in [0.25, 0.3) is 0 Å². The van der Waals surface area contributed by atoms with E-state index in [9.17, 15) is 0 Å². The number of nitrogens with zero attached hydrogens (tertiary/aromatic N) is 1. The molecule has 1 atom stereocenters. The second kappa shape index (κ2) is 7.17. The van der Waals surface area contributed by atoms with Crippen molar-refractivity contribution in [2.75, 3.05) is 39.0 Å². The summed E-state index contributed by atoms with van der Waals surface area (Å²) >= 11 is 2.02. The van der Waals surface area contributed by atoms with Crippen molar-refractivity contribution in [1.82, 2.24) is 10.2 Å². The number of benzene rings is 1. The molecule has 1 N–H and O–H groups in total. The third kappa shape index (κ3) is 3.50. The first-order chi connectivity index (χ1) is 8.85. The van der Waals surface area contributed by atoms with Crippen LogP contribution in [0, 0.1) is 0 Å². The van der Waals surface area contributed by atoms with Crippen molar-refractivity contribution in [3.05, 3.63) is 29.8 Å². The number of likely N-dealkylation sites (N-methyl/N-ethyl adjacent to an activating group) is 1. The van der Waals surface area contributed by atoms with Gasteiger partial charge in [-0.15, -0.1) is 11.8 Å². The van der Waals surface area contributed by atoms with Gasteiger partial charge in [0.05, 0.1) is 0 Å². The van der Waals surface area contributed by atoms with Crippen LogP contribution in [0.4, 0.5) is 0 Å². The van der Waals surface area contributed by atoms with Crippen LogP contribution in [0.15, 0.2) is 29.2 Å². The van der Waals surface area contributed by atoms with Gasteiger partial charge in [0.1, 0.15) is 0 Å². The zero-order valence-electron chi connectivity index (χ0n) is 11.5. The first kappa shape index (κ1) is 13.9. The van der Waals surface area contributed by atoms with Crippen LogP contribution in [0.5, 0.6) is 0 Å². The summed E-state index contributed by atoms with van der Waals surface area (Å²) in [7, 11) is 2.03. The van der Waals surface area contributed by atoms with E-state index in [1.165, 1.54) is 30.2 Å². The standard InChI is InChI=1S/C15H24N2S/c1-3-9-17(10-8-16-2)11-13-12-18-15-7-5-4-6-14(13)15/h4-7,13,16H,3,8-12H2,1-2H3. The number of hydrogen-bond acceptors (Lipinski definition) is 3. The molecule has 0 aromatic heterocycles. The Balaban J connectivity index is 1.95. The van der Waals surface area contributed by atoms with E-state index in [0.717, 1.165) is 19.0 Å². The van der Waals surface area contributed by atoms with Gasteiger partial charge in [-0.05, 0) is 31.6 Å². The van der Waals surface area contributed by atoms with Crippen molar-refractivity contribution < 1.29 is 0 Å². The molecule has 0 radical (unpaired) electrons. The van der Waals surface area contributed by atoms with E-state index in [1.807, 2.05) is 18.8 Å². The van der Waals surface area contributed by atoms with Gasteiger partial charge in [-0.1, -0.05) is 25.1 Å². The maximum absolute atomic E-state index is 3.25. The van der Waals surface area contributed by atoms with Crippen LogP contribution < -0.4 is 5.32 Å². The van der Waals surface area contributed by atoms with Gasteiger partial charge in [0.25, 0.3) is 0 Å². The van der Waals surface area contributed by atoms with Crippen LogP contribution >= 0.6 is 11.8 Å². The van der Waals surface area contributed by atoms with Gasteiger partial charge < -0.3 is 10.2 Å². The second-order valence-electron chi connectivity index (χ2n) is 4.95. The van der Waals surface area contributed by atoms with Crippen molar-refractivity contribution in [3.8, 4) is 0 Å². The molecule has 1 aromatic rings. The summed E-state index contributed by atoms with van der Waals surface area (Å²) in [4.78, 5) is 4.09. The van der Waals surface area contributed by atoms with Gasteiger partial charge in [0.15, 0.2) is 0 Å². The van der Waals surface area contributed by atoms with Crippen molar-refractivity contribution >= 4 is 11.8 Å². The number of thioether (sulfide) groups is 1. The molecule has 100 valence electrons. The molecule has 1 aliphatic heterocycles. The fourth-order valence-electron chi connectivity index (χ4n) is 2.57. The van der Waals surface area contributed by atoms with Crippen molar-refractivity contribution in [2.24, 2.45) is 0 Å². The van der Waals surface area contributed by atoms with E-state index in [4.69, 9.17) is 0 Å². The Hall–Kier alpha value is -0.510. The Bertz CT molecular complexity index is 367. The second-order valence-corrected chi connectivity index (χ2v) is 6.01. The molecule has 1 aromatic carbocycles. The summed E-state index contributed by atoms with van der Waals surface area (Å²) in [5.74, 6) is 1.97. The first-order valence-electron chi connectivity index (χ1n) is 6.93. The van der Waals surface area contributed by atoms with Gasteiger partial charge >= 0.3 is 0 Å². The lowest BCUT2D eigenvalue weighted by atomic mass is 10.0. The third-order valence-electron chi connectivity index (χ3n) is 3.50. The van der Waals surface area contributed by atoms with E-state index >= 15 is 0 Å². The predicted molar refractivity (Wildman–Crippen MR) is 80.6 cm³/mol. The zero-order valence-corrected chi connectivity index (χ0v) is 12.3. The van der Waals surface area contributed by atoms with Gasteiger partial charge in [-0.3, -0.25) is 0 Å². The van der Waals surface area contributed by atoms with E-state index in [-0.39, 0.29) is 0 Å². The largest absolute Gasteiger partial charge is 0.318 e. The molecule has 3 heteroatoms. The Morgan fingerprint density at radius 3 is 2.94 bits per heavy atom. The molecule has 0 aliphatic carbocycles. The maximum atomic E-state index is 3.25. The number of rotatable bonds is 7. The SMILES string of the molecule is CCCN(CCNC)CC1CSc2ccccc21. The molecule has 1 aliphatic rings. The Morgan fingerprint density at radius 2 is 2.17 bits per heavy atom. The highest BCUT2D eigenvalue weighted by molar-refractivity contribution is 7.99. The molecule has 0 amide bonds. The molecule has 1 unspecified atom stereocenters. The topological polar surface area (TPSA) is 15.3 Å². The lowest BCUT2D eigenvalue weighted by molar-refractivity contribution is 0.264. The van der Waals surface area contributed by atoms with Crippen LogP contribution in [0.3, 0.4) is 0 Å². The minimum absolute atomic E-state index is 0.717. The van der Waals surface area contributed by atoms with Crippen LogP contribution in [-0.4, -0.2) is 43.9 Å². The van der Waals surface area contributed by atoms with Gasteiger partial charge in [0, 0.05) is 36.2 Å². The number of hydrogen-bond donors (Lipinski definition) is 1. The molecule has 2 rings (SSSR count). The molecular formula is C15H24N2S. The average molecular weight is 264 g/mol. The summed E-state index contributed by atoms with van der Waals surface area (Å²) in [6.45, 7) is 6.93. The molecule has 0 spiro atoms. The molecule has 18 heavy (non-hydrogen) atoms. The number of nitrogens with one attached hydrogen (secondary N) is 1. The third-order valence-corrected chi connectivity index (χ3v) is 4.75. The lowest BCUT2D eigenvalue weighted by Crippen LogP contribution is -2.34. The van der Waals surface area contributed by atoms with E-state index in [2.05, 4.69) is 41.4 Å². The highest BCUT2D eigenvalue weighted by Gasteiger charge is 2.24. The maximum Gasteiger partial charge on any atom is 0.0108 e. The van der Waals surface area contributed by atoms with Crippen LogP contribution in [0.1, 0.15) is 24.8 Å². The van der Waals surface area contributed by atoms with Crippen molar-refractivity contribution in [2.45, 2.75) is 24.2 Å². The fourth-order valence-corrected chi connectivity index (χ4v) is 3.81. The van der Waals surface area contributed by atoms with E-state index < -0.39 is 0 Å². The Morgan fingerprint density at radius 1 is 1.33 bits per heavy atom. The first-order valence-corrected chi connectivity index (χ1v) is 7.92. The van der Waals surface area contributed by atoms with Gasteiger partial charge in [-0.2, -0.15) is 0 Å². The van der Waals surface area contributed by atoms with E-state index in [1.54, 1.807) is 5.56 Å². The van der Waals surface area contributed by atoms with Crippen molar-refractivity contribution in [3.63, 3.8) is 0 Å². The smallest absolute Gasteiger partial charge is 0.0108 e. The highest BCUT2D eigenvalue weighted by atomic mass is 32.2. The summed E-state index contributed by atoms with van der Waals surface area (Å²) in [5.41, 5.74) is 1.56. The number of fused-ring (bicyclic) bond motifs is 1. The van der Waals surface area contributed by atoms with Gasteiger partial charge in [-0.25, -0.2) is 0 Å². The molecule has 0 bridgehead atoms. The molecule has 1 heterocycles. The zero-order chi connectivity index (χ0) is 12.8. The van der Waals surface area contributed by atoms with Crippen molar-refractivity contribution in [1.29, 1.82) is 0 Å². The summed E-state index contributed by atoms with van der Waals surface area (Å²) < 4.78 is 0. The molecule has 0 fully saturated rings. The summed E-state index contributed by atoms with van der Waals surface area (Å²) in [5, 5.41) is 3.25. The molecule has 2 nitrogen and oxygen atoms in total. The molecular weight excluding hydrogens is 240 g/mol. The minimum atomic E-state index is 0.717. The summed E-state index contributed by atoms with van der Waals surface area (Å²) in [6, 6.07) is 8.90. The molecule has 0 saturated carbocycles. The predicted octanol–water partition coefficient (Wildman–Crippen LogP) is 2.81.